The highest BCUT2D eigenvalue weighted by Crippen LogP contribution is 2.10. The standard InChI is InChI=1S/C31H39ClN6O7/c1-20(36-26(39)16-12-21-10-13-23(32)14-11-21)30(43)38-25(29(34)42)15-17-27(40)37-24(28(33)41)9-5-6-18-35-31(44)45-19-22-7-3-2-4-8-22/h2-4,7-8,10-14,16,20,24-25H,5-6,9,15,17-19H2,1H3,(H2,33,41)(H2,34,42)(H,35,44)(H,36,39)(H,37,40)(H,38,43)/b16-12+/t20?,24?,25-/m0/s1. The van der Waals surface area contributed by atoms with Crippen molar-refractivity contribution in [1.82, 2.24) is 21.3 Å². The average molecular weight is 643 g/mol. The van der Waals surface area contributed by atoms with Gasteiger partial charge in [-0.15, -0.1) is 0 Å². The molecule has 0 aromatic heterocycles. The zero-order valence-corrected chi connectivity index (χ0v) is 25.7. The highest BCUT2D eigenvalue weighted by molar-refractivity contribution is 6.30. The summed E-state index contributed by atoms with van der Waals surface area (Å²) < 4.78 is 5.13. The molecule has 0 aliphatic rings. The molecule has 45 heavy (non-hydrogen) atoms. The van der Waals surface area contributed by atoms with Gasteiger partial charge < -0.3 is 37.5 Å². The first kappa shape index (κ1) is 36.3. The molecule has 3 atom stereocenters. The van der Waals surface area contributed by atoms with Crippen LogP contribution >= 0.6 is 11.6 Å². The summed E-state index contributed by atoms with van der Waals surface area (Å²) in [7, 11) is 0. The van der Waals surface area contributed by atoms with E-state index in [-0.39, 0.29) is 25.9 Å². The Bertz CT molecular complexity index is 1340. The van der Waals surface area contributed by atoms with Gasteiger partial charge in [0.2, 0.25) is 29.5 Å². The number of benzene rings is 2. The largest absolute Gasteiger partial charge is 0.445 e. The fourth-order valence-electron chi connectivity index (χ4n) is 3.92. The highest BCUT2D eigenvalue weighted by atomic mass is 35.5. The molecular formula is C31H39ClN6O7. The van der Waals surface area contributed by atoms with Crippen LogP contribution in [0.5, 0.6) is 0 Å². The molecule has 0 heterocycles. The zero-order valence-electron chi connectivity index (χ0n) is 24.9. The van der Waals surface area contributed by atoms with Crippen LogP contribution in [-0.4, -0.2) is 60.3 Å². The third kappa shape index (κ3) is 14.9. The lowest BCUT2D eigenvalue weighted by Gasteiger charge is -2.20. The predicted molar refractivity (Wildman–Crippen MR) is 168 cm³/mol. The minimum atomic E-state index is -1.20. The van der Waals surface area contributed by atoms with Crippen molar-refractivity contribution < 1.29 is 33.5 Å². The predicted octanol–water partition coefficient (Wildman–Crippen LogP) is 1.68. The fourth-order valence-corrected chi connectivity index (χ4v) is 4.05. The van der Waals surface area contributed by atoms with Crippen LogP contribution in [-0.2, 0) is 35.3 Å². The molecule has 2 aromatic rings. The summed E-state index contributed by atoms with van der Waals surface area (Å²) in [6, 6.07) is 12.8. The van der Waals surface area contributed by atoms with Crippen LogP contribution in [0.15, 0.2) is 60.7 Å². The van der Waals surface area contributed by atoms with E-state index in [0.717, 1.165) is 11.1 Å². The van der Waals surface area contributed by atoms with Crippen LogP contribution in [0.2, 0.25) is 5.02 Å². The van der Waals surface area contributed by atoms with Crippen LogP contribution in [0.4, 0.5) is 4.79 Å². The van der Waals surface area contributed by atoms with Crippen molar-refractivity contribution in [2.75, 3.05) is 6.54 Å². The van der Waals surface area contributed by atoms with E-state index in [4.69, 9.17) is 27.8 Å². The Balaban J connectivity index is 1.71. The second-order valence-electron chi connectivity index (χ2n) is 10.1. The number of ether oxygens (including phenoxy) is 1. The summed E-state index contributed by atoms with van der Waals surface area (Å²) >= 11 is 5.84. The average Bonchev–Trinajstić information content (AvgIpc) is 3.01. The summed E-state index contributed by atoms with van der Waals surface area (Å²) in [5.41, 5.74) is 12.4. The first-order chi connectivity index (χ1) is 21.4. The number of rotatable bonds is 18. The Morgan fingerprint density at radius 1 is 0.844 bits per heavy atom. The molecule has 0 aliphatic carbocycles. The molecule has 242 valence electrons. The molecule has 13 nitrogen and oxygen atoms in total. The number of hydrogen-bond acceptors (Lipinski definition) is 7. The second-order valence-corrected chi connectivity index (χ2v) is 10.6. The molecular weight excluding hydrogens is 604 g/mol. The van der Waals surface area contributed by atoms with Gasteiger partial charge in [0.15, 0.2) is 0 Å². The third-order valence-corrected chi connectivity index (χ3v) is 6.70. The van der Waals surface area contributed by atoms with Crippen molar-refractivity contribution in [2.45, 2.75) is 63.8 Å². The number of amides is 6. The smallest absolute Gasteiger partial charge is 0.407 e. The van der Waals surface area contributed by atoms with Crippen LogP contribution in [0.1, 0.15) is 50.2 Å². The summed E-state index contributed by atoms with van der Waals surface area (Å²) in [5.74, 6) is -3.42. The topological polar surface area (TPSA) is 212 Å². The summed E-state index contributed by atoms with van der Waals surface area (Å²) in [6.07, 6.45) is 3.02. The second kappa shape index (κ2) is 19.4. The van der Waals surface area contributed by atoms with Gasteiger partial charge in [0.05, 0.1) is 0 Å². The van der Waals surface area contributed by atoms with Gasteiger partial charge >= 0.3 is 6.09 Å². The molecule has 2 rings (SSSR count). The van der Waals surface area contributed by atoms with Gasteiger partial charge in [-0.3, -0.25) is 24.0 Å². The van der Waals surface area contributed by atoms with Gasteiger partial charge in [0.1, 0.15) is 24.7 Å². The van der Waals surface area contributed by atoms with Crippen molar-refractivity contribution >= 4 is 53.3 Å². The lowest BCUT2D eigenvalue weighted by atomic mass is 10.1. The first-order valence-corrected chi connectivity index (χ1v) is 14.7. The fraction of sp³-hybridized carbons (Fsp3) is 0.355. The van der Waals surface area contributed by atoms with Crippen LogP contribution in [0, 0.1) is 0 Å². The Kier molecular flexibility index (Phi) is 15.6. The van der Waals surface area contributed by atoms with Crippen molar-refractivity contribution in [3.05, 3.63) is 76.8 Å². The first-order valence-electron chi connectivity index (χ1n) is 14.3. The molecule has 0 radical (unpaired) electrons. The molecule has 0 aliphatic heterocycles. The van der Waals surface area contributed by atoms with E-state index in [1.165, 1.54) is 13.0 Å². The summed E-state index contributed by atoms with van der Waals surface area (Å²) in [5, 5.41) is 10.6. The molecule has 0 bridgehead atoms. The van der Waals surface area contributed by atoms with Gasteiger partial charge in [0.25, 0.3) is 0 Å². The SMILES string of the molecule is CC(NC(=O)/C=C/c1ccc(Cl)cc1)C(=O)N[C@@H](CCC(=O)NC(CCCCNC(=O)OCc1ccccc1)C(N)=O)C(N)=O. The van der Waals surface area contributed by atoms with Gasteiger partial charge in [-0.1, -0.05) is 54.1 Å². The van der Waals surface area contributed by atoms with Crippen LogP contribution in [0.25, 0.3) is 6.08 Å². The van der Waals surface area contributed by atoms with E-state index in [1.807, 2.05) is 30.3 Å². The molecule has 14 heteroatoms. The van der Waals surface area contributed by atoms with Crippen molar-refractivity contribution in [3.63, 3.8) is 0 Å². The molecule has 0 saturated heterocycles. The molecule has 6 amide bonds. The Morgan fingerprint density at radius 2 is 1.49 bits per heavy atom. The van der Waals surface area contributed by atoms with Crippen molar-refractivity contribution in [1.29, 1.82) is 0 Å². The zero-order chi connectivity index (χ0) is 33.2. The van der Waals surface area contributed by atoms with Crippen LogP contribution < -0.4 is 32.7 Å². The van der Waals surface area contributed by atoms with E-state index in [2.05, 4.69) is 21.3 Å². The summed E-state index contributed by atoms with van der Waals surface area (Å²) in [6.45, 7) is 1.86. The lowest BCUT2D eigenvalue weighted by molar-refractivity contribution is -0.131. The van der Waals surface area contributed by atoms with Crippen molar-refractivity contribution in [3.8, 4) is 0 Å². The highest BCUT2D eigenvalue weighted by Gasteiger charge is 2.24. The number of alkyl carbamates (subject to hydrolysis) is 1. The maximum absolute atomic E-state index is 12.6. The van der Waals surface area contributed by atoms with E-state index >= 15 is 0 Å². The number of primary amides is 2. The van der Waals surface area contributed by atoms with Gasteiger partial charge in [0, 0.05) is 24.1 Å². The summed E-state index contributed by atoms with van der Waals surface area (Å²) in [4.78, 5) is 72.9. The Morgan fingerprint density at radius 3 is 2.13 bits per heavy atom. The number of carbonyl (C=O) groups is 6. The number of unbranched alkanes of at least 4 members (excludes halogenated alkanes) is 1. The molecule has 0 spiro atoms. The molecule has 0 saturated carbocycles. The van der Waals surface area contributed by atoms with E-state index in [9.17, 15) is 28.8 Å². The van der Waals surface area contributed by atoms with E-state index in [1.54, 1.807) is 30.3 Å². The third-order valence-electron chi connectivity index (χ3n) is 6.45. The van der Waals surface area contributed by atoms with Crippen LogP contribution in [0.3, 0.4) is 0 Å². The monoisotopic (exact) mass is 642 g/mol. The van der Waals surface area contributed by atoms with Gasteiger partial charge in [-0.05, 0) is 61.9 Å². The number of nitrogens with one attached hydrogen (secondary N) is 4. The number of halogens is 1. The van der Waals surface area contributed by atoms with Gasteiger partial charge in [-0.2, -0.15) is 0 Å². The molecule has 2 aromatic carbocycles. The number of hydrogen-bond donors (Lipinski definition) is 6. The van der Waals surface area contributed by atoms with Crippen molar-refractivity contribution in [2.24, 2.45) is 11.5 Å². The molecule has 2 unspecified atom stereocenters. The molecule has 0 fully saturated rings. The number of carbonyl (C=O) groups excluding carboxylic acids is 6. The van der Waals surface area contributed by atoms with E-state index < -0.39 is 53.8 Å². The maximum Gasteiger partial charge on any atom is 0.407 e. The minimum absolute atomic E-state index is 0.141. The maximum atomic E-state index is 12.6. The Labute approximate surface area is 266 Å². The number of nitrogens with two attached hydrogens (primary N) is 2. The Hall–Kier alpha value is -4.91. The molecule has 8 N–H and O–H groups in total. The lowest BCUT2D eigenvalue weighted by Crippen LogP contribution is -2.52. The quantitative estimate of drug-likeness (QED) is 0.104. The minimum Gasteiger partial charge on any atom is -0.445 e. The normalized spacial score (nSPS) is 12.8. The van der Waals surface area contributed by atoms with E-state index in [0.29, 0.717) is 24.4 Å². The van der Waals surface area contributed by atoms with Gasteiger partial charge in [-0.25, -0.2) is 4.79 Å².